The van der Waals surface area contributed by atoms with Crippen LogP contribution in [0.5, 0.6) is 5.75 Å². The van der Waals surface area contributed by atoms with Crippen molar-refractivity contribution >= 4 is 16.7 Å². The van der Waals surface area contributed by atoms with Gasteiger partial charge in [-0.15, -0.1) is 0 Å². The molecule has 2 aliphatic rings. The molecule has 254 valence electrons. The molecule has 1 fully saturated rings. The number of nitrogens with zero attached hydrogens (tertiary/aromatic N) is 4. The van der Waals surface area contributed by atoms with Gasteiger partial charge < -0.3 is 24.6 Å². The second-order valence-electron chi connectivity index (χ2n) is 11.3. The summed E-state index contributed by atoms with van der Waals surface area (Å²) in [5, 5.41) is 3.15. The van der Waals surface area contributed by atoms with Gasteiger partial charge in [-0.1, -0.05) is 12.8 Å². The number of anilines is 1. The minimum absolute atomic E-state index is 0.0980. The summed E-state index contributed by atoms with van der Waals surface area (Å²) in [6.07, 6.45) is 1.90. The van der Waals surface area contributed by atoms with E-state index in [0.29, 0.717) is 29.7 Å². The van der Waals surface area contributed by atoms with E-state index in [1.165, 1.54) is 19.5 Å². The summed E-state index contributed by atoms with van der Waals surface area (Å²) in [5.41, 5.74) is -1.53. The van der Waals surface area contributed by atoms with E-state index in [0.717, 1.165) is 50.1 Å². The van der Waals surface area contributed by atoms with Crippen LogP contribution < -0.4 is 10.1 Å². The fourth-order valence-electron chi connectivity index (χ4n) is 5.68. The molecular formula is C31H39F6N5O3S. The van der Waals surface area contributed by atoms with Crippen LogP contribution in [0, 0.1) is 5.92 Å². The molecule has 1 aliphatic heterocycles. The molecule has 1 aromatic heterocycles. The summed E-state index contributed by atoms with van der Waals surface area (Å²) >= 11 is 0. The number of alkyl halides is 6. The lowest BCUT2D eigenvalue weighted by atomic mass is 10.0. The van der Waals surface area contributed by atoms with Gasteiger partial charge in [-0.3, -0.25) is 4.21 Å². The zero-order valence-corrected chi connectivity index (χ0v) is 26.8. The second-order valence-corrected chi connectivity index (χ2v) is 12.8. The molecule has 4 rings (SSSR count). The molecule has 0 bridgehead atoms. The average Bonchev–Trinajstić information content (AvgIpc) is 3.52. The molecule has 2 heterocycles. The Labute approximate surface area is 267 Å². The van der Waals surface area contributed by atoms with Crippen LogP contribution >= 0.6 is 0 Å². The lowest BCUT2D eigenvalue weighted by Gasteiger charge is -2.40. The minimum Gasteiger partial charge on any atom is -0.489 e. The van der Waals surface area contributed by atoms with E-state index in [-0.39, 0.29) is 37.3 Å². The third-order valence-electron chi connectivity index (χ3n) is 7.97. The number of nitrogens with one attached hydrogen (secondary N) is 1. The van der Waals surface area contributed by atoms with Crippen LogP contribution in [0.25, 0.3) is 0 Å². The van der Waals surface area contributed by atoms with Gasteiger partial charge in [0.2, 0.25) is 5.95 Å². The highest BCUT2D eigenvalue weighted by atomic mass is 32.2. The second kappa shape index (κ2) is 15.5. The first kappa shape index (κ1) is 35.5. The van der Waals surface area contributed by atoms with E-state index in [4.69, 9.17) is 9.47 Å². The fraction of sp³-hybridized carbons (Fsp3) is 0.548. The van der Waals surface area contributed by atoms with Crippen molar-refractivity contribution in [3.05, 3.63) is 70.8 Å². The van der Waals surface area contributed by atoms with Gasteiger partial charge in [0.05, 0.1) is 53.8 Å². The maximum atomic E-state index is 13.7. The van der Waals surface area contributed by atoms with Gasteiger partial charge in [0.1, 0.15) is 6.23 Å². The molecule has 1 N–H and O–H groups in total. The Hall–Kier alpha value is -3.33. The predicted octanol–water partition coefficient (Wildman–Crippen LogP) is 6.45. The molecule has 0 spiro atoms. The standard InChI is InChI=1S/C31H39F6N5O3S/c1-4-41(19-21-7-5-6-8-21)26-9-10-28(44-2)42(20-22-13-23(30(32,33)34)15-24(14-22)31(35,36)37)27(26)18-40-29-38-16-25(17-39-29)45-11-12-46(3)43/h9-10,13-17,21,28H,4-8,11-12,18-20H2,1-3H3,(H,38,39,40). The predicted molar refractivity (Wildman–Crippen MR) is 163 cm³/mol. The summed E-state index contributed by atoms with van der Waals surface area (Å²) in [7, 11) is 0.415. The summed E-state index contributed by atoms with van der Waals surface area (Å²) in [6, 6.07) is 1.62. The smallest absolute Gasteiger partial charge is 0.416 e. The largest absolute Gasteiger partial charge is 0.489 e. The molecule has 1 saturated carbocycles. The van der Waals surface area contributed by atoms with Crippen molar-refractivity contribution < 1.29 is 40.0 Å². The fourth-order valence-corrected chi connectivity index (χ4v) is 5.99. The van der Waals surface area contributed by atoms with Gasteiger partial charge in [0.25, 0.3) is 0 Å². The first-order valence-corrected chi connectivity index (χ1v) is 16.7. The van der Waals surface area contributed by atoms with Crippen molar-refractivity contribution in [1.29, 1.82) is 0 Å². The van der Waals surface area contributed by atoms with Crippen molar-refractivity contribution in [2.24, 2.45) is 5.92 Å². The summed E-state index contributed by atoms with van der Waals surface area (Å²) in [4.78, 5) is 12.4. The quantitative estimate of drug-likeness (QED) is 0.229. The Morgan fingerprint density at radius 2 is 1.67 bits per heavy atom. The summed E-state index contributed by atoms with van der Waals surface area (Å²) < 4.78 is 105. The lowest BCUT2D eigenvalue weighted by Crippen LogP contribution is -2.42. The number of aromatic nitrogens is 2. The molecule has 8 nitrogen and oxygen atoms in total. The number of ether oxygens (including phenoxy) is 2. The van der Waals surface area contributed by atoms with Gasteiger partial charge in [0, 0.05) is 43.8 Å². The first-order valence-electron chi connectivity index (χ1n) is 15.0. The van der Waals surface area contributed by atoms with E-state index in [1.807, 2.05) is 13.0 Å². The normalized spacial score (nSPS) is 18.3. The molecule has 0 amide bonds. The van der Waals surface area contributed by atoms with Crippen molar-refractivity contribution in [2.45, 2.75) is 57.7 Å². The number of likely N-dealkylation sites (N-methyl/N-ethyl adjacent to an activating group) is 1. The maximum absolute atomic E-state index is 13.7. The highest BCUT2D eigenvalue weighted by molar-refractivity contribution is 7.84. The zero-order chi connectivity index (χ0) is 33.5. The first-order chi connectivity index (χ1) is 21.8. The monoisotopic (exact) mass is 675 g/mol. The Morgan fingerprint density at radius 3 is 2.22 bits per heavy atom. The Kier molecular flexibility index (Phi) is 12.0. The van der Waals surface area contributed by atoms with Gasteiger partial charge in [0.15, 0.2) is 5.75 Å². The number of benzene rings is 1. The van der Waals surface area contributed by atoms with Gasteiger partial charge in [-0.2, -0.15) is 26.3 Å². The molecular weight excluding hydrogens is 636 g/mol. The molecule has 15 heteroatoms. The Morgan fingerprint density at radius 1 is 1.04 bits per heavy atom. The van der Waals surface area contributed by atoms with Crippen molar-refractivity contribution in [2.75, 3.05) is 50.7 Å². The number of hydrogen-bond donors (Lipinski definition) is 1. The van der Waals surface area contributed by atoms with Crippen LogP contribution in [0.15, 0.2) is 54.1 Å². The van der Waals surface area contributed by atoms with Gasteiger partial charge in [-0.05, 0) is 61.6 Å². The Bertz CT molecular complexity index is 1360. The molecule has 0 radical (unpaired) electrons. The van der Waals surface area contributed by atoms with E-state index in [9.17, 15) is 30.6 Å². The molecule has 2 aromatic rings. The van der Waals surface area contributed by atoms with Crippen LogP contribution in [0.1, 0.15) is 49.3 Å². The lowest BCUT2D eigenvalue weighted by molar-refractivity contribution is -0.143. The number of halogens is 6. The molecule has 0 saturated heterocycles. The topological polar surface area (TPSA) is 79.8 Å². The third-order valence-corrected chi connectivity index (χ3v) is 8.71. The highest BCUT2D eigenvalue weighted by Gasteiger charge is 2.38. The van der Waals surface area contributed by atoms with Gasteiger partial charge in [-0.25, -0.2) is 9.97 Å². The van der Waals surface area contributed by atoms with Gasteiger partial charge >= 0.3 is 12.4 Å². The summed E-state index contributed by atoms with van der Waals surface area (Å²) in [6.45, 7) is 3.45. The van der Waals surface area contributed by atoms with Crippen LogP contribution in [0.2, 0.25) is 0 Å². The van der Waals surface area contributed by atoms with Crippen molar-refractivity contribution in [1.82, 2.24) is 19.8 Å². The summed E-state index contributed by atoms with van der Waals surface area (Å²) in [5.74, 6) is 1.45. The van der Waals surface area contributed by atoms with Crippen LogP contribution in [-0.4, -0.2) is 75.6 Å². The number of hydrogen-bond acceptors (Lipinski definition) is 8. The van der Waals surface area contributed by atoms with E-state index in [1.54, 1.807) is 17.2 Å². The maximum Gasteiger partial charge on any atom is 0.416 e. The average molecular weight is 676 g/mol. The minimum atomic E-state index is -4.97. The molecule has 1 aromatic carbocycles. The van der Waals surface area contributed by atoms with E-state index < -0.39 is 40.5 Å². The molecule has 46 heavy (non-hydrogen) atoms. The van der Waals surface area contributed by atoms with Crippen molar-refractivity contribution in [3.8, 4) is 5.75 Å². The molecule has 2 unspecified atom stereocenters. The number of rotatable bonds is 14. The highest BCUT2D eigenvalue weighted by Crippen LogP contribution is 2.38. The molecule has 1 aliphatic carbocycles. The van der Waals surface area contributed by atoms with E-state index >= 15 is 0 Å². The third kappa shape index (κ3) is 9.60. The number of allylic oxidation sites excluding steroid dienone is 1. The zero-order valence-electron chi connectivity index (χ0n) is 26.0. The van der Waals surface area contributed by atoms with E-state index in [2.05, 4.69) is 20.2 Å². The molecule has 2 atom stereocenters. The van der Waals surface area contributed by atoms with Crippen molar-refractivity contribution in [3.63, 3.8) is 0 Å². The SMILES string of the molecule is CCN(CC1CCCC1)C1=C(CNc2ncc(OCCS(C)=O)cn2)N(Cc2cc(C(F)(F)F)cc(C(F)(F)F)c2)C(OC)C=C1. The van der Waals surface area contributed by atoms with Crippen LogP contribution in [0.4, 0.5) is 32.3 Å². The Balaban J connectivity index is 1.69. The number of methoxy groups -OCH3 is 1. The van der Waals surface area contributed by atoms with Crippen LogP contribution in [-0.2, 0) is 34.4 Å². The van der Waals surface area contributed by atoms with Crippen LogP contribution in [0.3, 0.4) is 0 Å².